The first kappa shape index (κ1) is 20.5. The monoisotopic (exact) mass is 412 g/mol. The van der Waals surface area contributed by atoms with Gasteiger partial charge < -0.3 is 19.6 Å². The van der Waals surface area contributed by atoms with Crippen LogP contribution in [0.15, 0.2) is 52.4 Å². The highest BCUT2D eigenvalue weighted by Crippen LogP contribution is 2.36. The Morgan fingerprint density at radius 2 is 1.80 bits per heavy atom. The Bertz CT molecular complexity index is 1130. The van der Waals surface area contributed by atoms with E-state index >= 15 is 0 Å². The third-order valence-corrected chi connectivity index (χ3v) is 4.01. The van der Waals surface area contributed by atoms with Gasteiger partial charge in [-0.1, -0.05) is 0 Å². The average Bonchev–Trinajstić information content (AvgIpc) is 2.74. The Hall–Kier alpha value is -4.21. The fourth-order valence-corrected chi connectivity index (χ4v) is 2.56. The van der Waals surface area contributed by atoms with Crippen LogP contribution in [0.4, 0.5) is 4.39 Å². The molecule has 2 aromatic carbocycles. The molecule has 3 rings (SSSR count). The lowest BCUT2D eigenvalue weighted by atomic mass is 10.1. The molecule has 3 aromatic rings. The number of H-pyrrole nitrogens is 1. The van der Waals surface area contributed by atoms with E-state index in [0.717, 1.165) is 0 Å². The number of aromatic hydroxyl groups is 1. The summed E-state index contributed by atoms with van der Waals surface area (Å²) >= 11 is 0. The number of ether oxygens (including phenoxy) is 2. The summed E-state index contributed by atoms with van der Waals surface area (Å²) in [6, 6.07) is 9.69. The van der Waals surface area contributed by atoms with Crippen LogP contribution in [0.2, 0.25) is 0 Å². The van der Waals surface area contributed by atoms with Gasteiger partial charge in [-0.25, -0.2) is 14.6 Å². The van der Waals surface area contributed by atoms with Gasteiger partial charge in [-0.3, -0.25) is 4.79 Å². The van der Waals surface area contributed by atoms with E-state index in [2.05, 4.69) is 20.5 Å². The van der Waals surface area contributed by atoms with Gasteiger partial charge in [-0.2, -0.15) is 10.1 Å². The molecule has 1 aromatic heterocycles. The van der Waals surface area contributed by atoms with E-state index in [9.17, 15) is 19.1 Å². The van der Waals surface area contributed by atoms with E-state index in [4.69, 9.17) is 9.47 Å². The number of hydrogen-bond acceptors (Lipinski definition) is 7. The number of carbonyl (C=O) groups is 1. The van der Waals surface area contributed by atoms with Crippen LogP contribution in [-0.4, -0.2) is 41.4 Å². The smallest absolute Gasteiger partial charge is 0.346 e. The van der Waals surface area contributed by atoms with Gasteiger partial charge in [0.25, 0.3) is 5.91 Å². The predicted molar refractivity (Wildman–Crippen MR) is 107 cm³/mol. The Labute approximate surface area is 169 Å². The topological polar surface area (TPSA) is 126 Å². The van der Waals surface area contributed by atoms with Crippen molar-refractivity contribution in [3.05, 3.63) is 70.0 Å². The van der Waals surface area contributed by atoms with Crippen LogP contribution in [0, 0.1) is 5.82 Å². The number of benzene rings is 2. The number of hydrogen-bond donors (Lipinski definition) is 3. The fraction of sp³-hybridized carbons (Fsp3) is 0.100. The van der Waals surface area contributed by atoms with Crippen LogP contribution in [0.1, 0.15) is 16.1 Å². The molecule has 3 N–H and O–H groups in total. The Morgan fingerprint density at radius 3 is 2.40 bits per heavy atom. The van der Waals surface area contributed by atoms with Gasteiger partial charge in [0.2, 0.25) is 5.75 Å². The maximum Gasteiger partial charge on any atom is 0.346 e. The number of halogens is 1. The number of methoxy groups -OCH3 is 2. The summed E-state index contributed by atoms with van der Waals surface area (Å²) in [5, 5.41) is 13.7. The van der Waals surface area contributed by atoms with Crippen molar-refractivity contribution in [2.45, 2.75) is 0 Å². The number of phenols is 1. The highest BCUT2D eigenvalue weighted by molar-refractivity contribution is 5.94. The van der Waals surface area contributed by atoms with E-state index in [1.807, 2.05) is 0 Å². The maximum absolute atomic E-state index is 13.1. The quantitative estimate of drug-likeness (QED) is 0.420. The van der Waals surface area contributed by atoms with Crippen LogP contribution in [0.25, 0.3) is 11.3 Å². The minimum Gasteiger partial charge on any atom is -0.502 e. The van der Waals surface area contributed by atoms with Gasteiger partial charge in [-0.05, 0) is 42.5 Å². The number of carbonyl (C=O) groups excluding carboxylic acids is 1. The third kappa shape index (κ3) is 4.61. The molecule has 0 spiro atoms. The average molecular weight is 412 g/mol. The molecule has 9 nitrogen and oxygen atoms in total. The first-order chi connectivity index (χ1) is 14.4. The lowest BCUT2D eigenvalue weighted by molar-refractivity contribution is 0.0949. The molecule has 0 aliphatic carbocycles. The van der Waals surface area contributed by atoms with E-state index in [0.29, 0.717) is 11.1 Å². The molecular formula is C20H17FN4O5. The molecule has 154 valence electrons. The lowest BCUT2D eigenvalue weighted by Gasteiger charge is -2.09. The molecule has 0 fully saturated rings. The van der Waals surface area contributed by atoms with Gasteiger partial charge in [0, 0.05) is 11.1 Å². The summed E-state index contributed by atoms with van der Waals surface area (Å²) in [6.07, 6.45) is 1.31. The highest BCUT2D eigenvalue weighted by Gasteiger charge is 2.12. The third-order valence-electron chi connectivity index (χ3n) is 4.01. The standard InChI is InChI=1S/C20H17FN4O5/c1-29-16-7-11(8-17(30-2)18(16)26)10-22-25-19(27)15-9-14(23-20(28)24-15)12-3-5-13(21)6-4-12/h3-10,26H,1-2H3,(H,25,27)(H,23,24,28)/b22-10+. The summed E-state index contributed by atoms with van der Waals surface area (Å²) in [7, 11) is 2.77. The van der Waals surface area contributed by atoms with Gasteiger partial charge >= 0.3 is 5.69 Å². The van der Waals surface area contributed by atoms with Crippen molar-refractivity contribution < 1.29 is 23.8 Å². The summed E-state index contributed by atoms with van der Waals surface area (Å²) in [5.74, 6) is -0.942. The van der Waals surface area contributed by atoms with Gasteiger partial charge in [0.15, 0.2) is 11.5 Å². The highest BCUT2D eigenvalue weighted by atomic mass is 19.1. The molecule has 30 heavy (non-hydrogen) atoms. The van der Waals surface area contributed by atoms with Crippen LogP contribution in [0.3, 0.4) is 0 Å². The van der Waals surface area contributed by atoms with E-state index in [1.54, 1.807) is 0 Å². The van der Waals surface area contributed by atoms with Crippen molar-refractivity contribution in [3.8, 4) is 28.5 Å². The summed E-state index contributed by atoms with van der Waals surface area (Å²) in [4.78, 5) is 30.3. The number of aromatic nitrogens is 2. The molecule has 0 unspecified atom stereocenters. The van der Waals surface area contributed by atoms with E-state index in [1.165, 1.54) is 62.9 Å². The van der Waals surface area contributed by atoms with Gasteiger partial charge in [0.1, 0.15) is 11.5 Å². The molecule has 1 amide bonds. The first-order valence-electron chi connectivity index (χ1n) is 8.57. The van der Waals surface area contributed by atoms with Crippen molar-refractivity contribution in [3.63, 3.8) is 0 Å². The minimum atomic E-state index is -0.737. The van der Waals surface area contributed by atoms with Crippen molar-refractivity contribution in [1.29, 1.82) is 0 Å². The molecule has 0 radical (unpaired) electrons. The van der Waals surface area contributed by atoms with Gasteiger partial charge in [0.05, 0.1) is 26.1 Å². The van der Waals surface area contributed by atoms with E-state index < -0.39 is 17.4 Å². The molecule has 10 heteroatoms. The number of hydrazone groups is 1. The number of nitrogens with one attached hydrogen (secondary N) is 2. The van der Waals surface area contributed by atoms with Crippen molar-refractivity contribution in [2.75, 3.05) is 14.2 Å². The zero-order chi connectivity index (χ0) is 21.7. The summed E-state index contributed by atoms with van der Waals surface area (Å²) < 4.78 is 23.2. The predicted octanol–water partition coefficient (Wildman–Crippen LogP) is 2.06. The molecule has 0 aliphatic heterocycles. The molecular weight excluding hydrogens is 395 g/mol. The lowest BCUT2D eigenvalue weighted by Crippen LogP contribution is -2.24. The molecule has 0 bridgehead atoms. The number of nitrogens with zero attached hydrogens (tertiary/aromatic N) is 2. The summed E-state index contributed by atoms with van der Waals surface area (Å²) in [6.45, 7) is 0. The number of phenolic OH excluding ortho intramolecular Hbond substituents is 1. The molecule has 0 saturated carbocycles. The second-order valence-electron chi connectivity index (χ2n) is 5.97. The second kappa shape index (κ2) is 8.86. The van der Waals surface area contributed by atoms with Crippen LogP contribution in [-0.2, 0) is 0 Å². The Balaban J connectivity index is 1.80. The van der Waals surface area contributed by atoms with E-state index in [-0.39, 0.29) is 28.6 Å². The molecule has 0 aliphatic rings. The zero-order valence-electron chi connectivity index (χ0n) is 16.0. The zero-order valence-corrected chi connectivity index (χ0v) is 16.0. The Kier molecular flexibility index (Phi) is 6.06. The molecule has 0 atom stereocenters. The number of amides is 1. The number of aromatic amines is 1. The SMILES string of the molecule is COc1cc(/C=N/NC(=O)c2cc(-c3ccc(F)cc3)nc(=O)[nH]2)cc(OC)c1O. The first-order valence-corrected chi connectivity index (χ1v) is 8.57. The molecule has 1 heterocycles. The normalized spacial score (nSPS) is 10.8. The van der Waals surface area contributed by atoms with Crippen LogP contribution < -0.4 is 20.6 Å². The minimum absolute atomic E-state index is 0.0765. The fourth-order valence-electron chi connectivity index (χ4n) is 2.56. The van der Waals surface area contributed by atoms with Crippen molar-refractivity contribution in [2.24, 2.45) is 5.10 Å². The van der Waals surface area contributed by atoms with Gasteiger partial charge in [-0.15, -0.1) is 0 Å². The van der Waals surface area contributed by atoms with Crippen LogP contribution >= 0.6 is 0 Å². The molecule has 0 saturated heterocycles. The number of rotatable bonds is 6. The Morgan fingerprint density at radius 1 is 1.17 bits per heavy atom. The van der Waals surface area contributed by atoms with Crippen LogP contribution in [0.5, 0.6) is 17.2 Å². The summed E-state index contributed by atoms with van der Waals surface area (Å²) in [5.41, 5.74) is 2.63. The van der Waals surface area contributed by atoms with Crippen molar-refractivity contribution >= 4 is 12.1 Å². The largest absolute Gasteiger partial charge is 0.502 e. The van der Waals surface area contributed by atoms with Crippen molar-refractivity contribution in [1.82, 2.24) is 15.4 Å². The second-order valence-corrected chi connectivity index (χ2v) is 5.97. The maximum atomic E-state index is 13.1.